The van der Waals surface area contributed by atoms with E-state index in [2.05, 4.69) is 17.5 Å². The van der Waals surface area contributed by atoms with Gasteiger partial charge in [-0.15, -0.1) is 0 Å². The molecule has 8 nitrogen and oxygen atoms in total. The fourth-order valence-electron chi connectivity index (χ4n) is 2.84. The van der Waals surface area contributed by atoms with Crippen molar-refractivity contribution in [2.45, 2.75) is 19.8 Å². The maximum Gasteiger partial charge on any atom is 0.343 e. The van der Waals surface area contributed by atoms with Gasteiger partial charge in [0.1, 0.15) is 23.0 Å². The Balaban J connectivity index is 1.40. The first-order valence-corrected chi connectivity index (χ1v) is 11.2. The van der Waals surface area contributed by atoms with Crippen molar-refractivity contribution in [1.29, 1.82) is 0 Å². The zero-order valence-corrected chi connectivity index (χ0v) is 19.7. The van der Waals surface area contributed by atoms with Gasteiger partial charge in [-0.25, -0.2) is 10.2 Å². The molecule has 0 aliphatic rings. The van der Waals surface area contributed by atoms with Crippen LogP contribution >= 0.6 is 0 Å². The second kappa shape index (κ2) is 13.4. The number of hydrazone groups is 1. The fraction of sp³-hybridized carbons (Fsp3) is 0.222. The molecule has 0 aromatic heterocycles. The lowest BCUT2D eigenvalue weighted by atomic mass is 10.2. The quantitative estimate of drug-likeness (QED) is 0.135. The van der Waals surface area contributed by atoms with E-state index in [1.807, 2.05) is 0 Å². The Morgan fingerprint density at radius 3 is 2.06 bits per heavy atom. The fourth-order valence-corrected chi connectivity index (χ4v) is 2.84. The molecule has 0 saturated carbocycles. The number of carbonyl (C=O) groups is 2. The summed E-state index contributed by atoms with van der Waals surface area (Å²) >= 11 is 0. The van der Waals surface area contributed by atoms with Crippen molar-refractivity contribution in [1.82, 2.24) is 5.43 Å². The van der Waals surface area contributed by atoms with Crippen molar-refractivity contribution in [3.8, 4) is 23.0 Å². The molecule has 0 saturated heterocycles. The molecule has 35 heavy (non-hydrogen) atoms. The van der Waals surface area contributed by atoms with Gasteiger partial charge in [-0.1, -0.05) is 13.3 Å². The number of benzene rings is 3. The van der Waals surface area contributed by atoms with Gasteiger partial charge < -0.3 is 18.9 Å². The van der Waals surface area contributed by atoms with Crippen LogP contribution in [0.4, 0.5) is 0 Å². The molecule has 0 aliphatic heterocycles. The third kappa shape index (κ3) is 8.51. The van der Waals surface area contributed by atoms with Gasteiger partial charge in [0.2, 0.25) is 0 Å². The van der Waals surface area contributed by atoms with Gasteiger partial charge in [-0.05, 0) is 84.8 Å². The van der Waals surface area contributed by atoms with Gasteiger partial charge in [-0.3, -0.25) is 4.79 Å². The molecule has 182 valence electrons. The summed E-state index contributed by atoms with van der Waals surface area (Å²) in [4.78, 5) is 24.2. The van der Waals surface area contributed by atoms with Crippen LogP contribution in [0.1, 0.15) is 35.7 Å². The van der Waals surface area contributed by atoms with Gasteiger partial charge >= 0.3 is 5.97 Å². The van der Waals surface area contributed by atoms with E-state index < -0.39 is 11.9 Å². The number of hydrogen-bond donors (Lipinski definition) is 1. The SMILES string of the molecule is CCCCOc1ccc(OCC(=O)NN=Cc2ccc(OC(=O)c3ccc(OC)cc3)cc2)cc1. The number of amides is 1. The monoisotopic (exact) mass is 476 g/mol. The lowest BCUT2D eigenvalue weighted by Gasteiger charge is -2.08. The number of ether oxygens (including phenoxy) is 4. The topological polar surface area (TPSA) is 95.5 Å². The highest BCUT2D eigenvalue weighted by molar-refractivity contribution is 5.91. The minimum absolute atomic E-state index is 0.173. The van der Waals surface area contributed by atoms with E-state index in [0.717, 1.165) is 18.6 Å². The van der Waals surface area contributed by atoms with E-state index in [9.17, 15) is 9.59 Å². The largest absolute Gasteiger partial charge is 0.497 e. The van der Waals surface area contributed by atoms with Crippen molar-refractivity contribution in [2.75, 3.05) is 20.3 Å². The molecule has 0 fully saturated rings. The van der Waals surface area contributed by atoms with E-state index in [-0.39, 0.29) is 6.61 Å². The molecule has 3 rings (SSSR count). The van der Waals surface area contributed by atoms with Gasteiger partial charge in [0.05, 0.1) is 25.5 Å². The summed E-state index contributed by atoms with van der Waals surface area (Å²) in [6, 6.07) is 20.5. The molecule has 1 N–H and O–H groups in total. The number of hydrogen-bond acceptors (Lipinski definition) is 7. The highest BCUT2D eigenvalue weighted by Gasteiger charge is 2.08. The second-order valence-corrected chi connectivity index (χ2v) is 7.44. The number of rotatable bonds is 12. The predicted octanol–water partition coefficient (Wildman–Crippen LogP) is 4.62. The molecule has 0 bridgehead atoms. The Morgan fingerprint density at radius 1 is 0.829 bits per heavy atom. The van der Waals surface area contributed by atoms with Crippen LogP contribution in [0, 0.1) is 0 Å². The summed E-state index contributed by atoms with van der Waals surface area (Å²) < 4.78 is 21.5. The minimum Gasteiger partial charge on any atom is -0.497 e. The Morgan fingerprint density at radius 2 is 1.43 bits per heavy atom. The number of esters is 1. The highest BCUT2D eigenvalue weighted by atomic mass is 16.5. The summed E-state index contributed by atoms with van der Waals surface area (Å²) in [6.45, 7) is 2.61. The van der Waals surface area contributed by atoms with Crippen LogP contribution in [0.5, 0.6) is 23.0 Å². The smallest absolute Gasteiger partial charge is 0.343 e. The number of nitrogens with zero attached hydrogens (tertiary/aromatic N) is 1. The lowest BCUT2D eigenvalue weighted by molar-refractivity contribution is -0.123. The third-order valence-electron chi connectivity index (χ3n) is 4.78. The van der Waals surface area contributed by atoms with Crippen LogP contribution in [-0.2, 0) is 4.79 Å². The van der Waals surface area contributed by atoms with Crippen LogP contribution in [0.15, 0.2) is 77.9 Å². The molecule has 0 aliphatic carbocycles. The average Bonchev–Trinajstić information content (AvgIpc) is 2.89. The summed E-state index contributed by atoms with van der Waals surface area (Å²) in [5.74, 6) is 1.51. The van der Waals surface area contributed by atoms with Gasteiger partial charge in [0.15, 0.2) is 6.61 Å². The minimum atomic E-state index is -0.472. The van der Waals surface area contributed by atoms with Crippen molar-refractivity contribution in [3.05, 3.63) is 83.9 Å². The zero-order chi connectivity index (χ0) is 24.9. The molecule has 0 spiro atoms. The van der Waals surface area contributed by atoms with E-state index in [1.165, 1.54) is 6.21 Å². The highest BCUT2D eigenvalue weighted by Crippen LogP contribution is 2.18. The number of unbranched alkanes of at least 4 members (excludes halogenated alkanes) is 1. The first kappa shape index (κ1) is 25.3. The maximum absolute atomic E-state index is 12.2. The molecule has 8 heteroatoms. The molecule has 0 atom stereocenters. The Hall–Kier alpha value is -4.33. The molecular weight excluding hydrogens is 448 g/mol. The van der Waals surface area contributed by atoms with E-state index in [0.29, 0.717) is 35.0 Å². The van der Waals surface area contributed by atoms with Crippen molar-refractivity contribution < 1.29 is 28.5 Å². The van der Waals surface area contributed by atoms with Crippen molar-refractivity contribution >= 4 is 18.1 Å². The van der Waals surface area contributed by atoms with E-state index >= 15 is 0 Å². The van der Waals surface area contributed by atoms with Crippen LogP contribution in [0.3, 0.4) is 0 Å². The molecule has 0 radical (unpaired) electrons. The van der Waals surface area contributed by atoms with Crippen LogP contribution < -0.4 is 24.4 Å². The average molecular weight is 477 g/mol. The maximum atomic E-state index is 12.2. The lowest BCUT2D eigenvalue weighted by Crippen LogP contribution is -2.24. The first-order valence-electron chi connectivity index (χ1n) is 11.2. The van der Waals surface area contributed by atoms with E-state index in [1.54, 1.807) is 79.9 Å². The molecular formula is C27H28N2O6. The van der Waals surface area contributed by atoms with Crippen LogP contribution in [-0.4, -0.2) is 38.4 Å². The first-order chi connectivity index (χ1) is 17.1. The predicted molar refractivity (Wildman–Crippen MR) is 132 cm³/mol. The van der Waals surface area contributed by atoms with E-state index in [4.69, 9.17) is 18.9 Å². The van der Waals surface area contributed by atoms with Crippen molar-refractivity contribution in [2.24, 2.45) is 5.10 Å². The summed E-state index contributed by atoms with van der Waals surface area (Å²) in [5, 5.41) is 3.92. The van der Waals surface area contributed by atoms with Gasteiger partial charge in [-0.2, -0.15) is 5.10 Å². The molecule has 0 unspecified atom stereocenters. The standard InChI is InChI=1S/C27H28N2O6/c1-3-4-17-33-23-13-15-24(16-14-23)34-19-26(30)29-28-18-20-5-9-25(10-6-20)35-27(31)21-7-11-22(32-2)12-8-21/h5-16,18H,3-4,17,19H2,1-2H3,(H,29,30). The summed E-state index contributed by atoms with van der Waals surface area (Å²) in [5.41, 5.74) is 3.54. The van der Waals surface area contributed by atoms with Crippen LogP contribution in [0.25, 0.3) is 0 Å². The Labute approximate surface area is 204 Å². The van der Waals surface area contributed by atoms with Crippen molar-refractivity contribution in [3.63, 3.8) is 0 Å². The normalized spacial score (nSPS) is 10.6. The Bertz CT molecular complexity index is 1110. The number of methoxy groups -OCH3 is 1. The summed E-state index contributed by atoms with van der Waals surface area (Å²) in [6.07, 6.45) is 3.56. The zero-order valence-electron chi connectivity index (χ0n) is 19.7. The third-order valence-corrected chi connectivity index (χ3v) is 4.78. The summed E-state index contributed by atoms with van der Waals surface area (Å²) in [7, 11) is 1.56. The Kier molecular flexibility index (Phi) is 9.68. The molecule has 0 heterocycles. The van der Waals surface area contributed by atoms with Gasteiger partial charge in [0, 0.05) is 0 Å². The molecule has 3 aromatic rings. The van der Waals surface area contributed by atoms with Crippen LogP contribution in [0.2, 0.25) is 0 Å². The number of carbonyl (C=O) groups excluding carboxylic acids is 2. The second-order valence-electron chi connectivity index (χ2n) is 7.44. The van der Waals surface area contributed by atoms with Gasteiger partial charge in [0.25, 0.3) is 5.91 Å². The molecule has 3 aromatic carbocycles. The number of nitrogens with one attached hydrogen (secondary N) is 1. The molecule has 1 amide bonds.